The summed E-state index contributed by atoms with van der Waals surface area (Å²) < 4.78 is 7.41. The van der Waals surface area contributed by atoms with Crippen molar-refractivity contribution in [3.05, 3.63) is 53.9 Å². The first-order chi connectivity index (χ1) is 9.78. The van der Waals surface area contributed by atoms with E-state index in [0.717, 1.165) is 17.9 Å². The van der Waals surface area contributed by atoms with Crippen LogP contribution in [0.15, 0.2) is 36.9 Å². The molecule has 0 unspecified atom stereocenters. The van der Waals surface area contributed by atoms with E-state index >= 15 is 0 Å². The maximum absolute atomic E-state index is 9.27. The van der Waals surface area contributed by atoms with Crippen molar-refractivity contribution in [1.29, 1.82) is 0 Å². The van der Waals surface area contributed by atoms with Crippen LogP contribution in [0.4, 0.5) is 0 Å². The van der Waals surface area contributed by atoms with Gasteiger partial charge in [0.05, 0.1) is 13.2 Å². The largest absolute Gasteiger partial charge is 0.487 e. The molecule has 1 aromatic carbocycles. The summed E-state index contributed by atoms with van der Waals surface area (Å²) in [6, 6.07) is 7.97. The molecule has 20 heavy (non-hydrogen) atoms. The molecule has 0 atom stereocenters. The zero-order chi connectivity index (χ0) is 14.4. The van der Waals surface area contributed by atoms with E-state index in [1.54, 1.807) is 10.8 Å². The predicted molar refractivity (Wildman–Crippen MR) is 76.3 cm³/mol. The summed E-state index contributed by atoms with van der Waals surface area (Å²) >= 11 is 0. The van der Waals surface area contributed by atoms with E-state index < -0.39 is 0 Å². The van der Waals surface area contributed by atoms with Crippen molar-refractivity contribution in [2.24, 2.45) is 0 Å². The molecule has 1 heterocycles. The number of rotatable bonds is 7. The van der Waals surface area contributed by atoms with Crippen LogP contribution in [0.2, 0.25) is 0 Å². The summed E-state index contributed by atoms with van der Waals surface area (Å²) in [7, 11) is 0. The van der Waals surface area contributed by atoms with E-state index in [4.69, 9.17) is 4.74 Å². The maximum atomic E-state index is 9.27. The molecule has 106 valence electrons. The molecule has 0 saturated heterocycles. The molecule has 0 spiro atoms. The molecule has 0 amide bonds. The second kappa shape index (κ2) is 6.86. The van der Waals surface area contributed by atoms with Crippen molar-refractivity contribution in [3.8, 4) is 5.75 Å². The fourth-order valence-corrected chi connectivity index (χ4v) is 1.89. The van der Waals surface area contributed by atoms with E-state index in [1.165, 1.54) is 5.56 Å². The number of benzene rings is 1. The van der Waals surface area contributed by atoms with Gasteiger partial charge in [-0.2, -0.15) is 0 Å². The smallest absolute Gasteiger partial charge is 0.132 e. The first kappa shape index (κ1) is 14.3. The van der Waals surface area contributed by atoms with E-state index in [-0.39, 0.29) is 6.61 Å². The Kier molecular flexibility index (Phi) is 4.90. The van der Waals surface area contributed by atoms with Gasteiger partial charge in [-0.25, -0.2) is 4.68 Å². The minimum absolute atomic E-state index is 0.148. The average Bonchev–Trinajstić information content (AvgIpc) is 2.88. The Labute approximate surface area is 118 Å². The quantitative estimate of drug-likeness (QED) is 0.785. The van der Waals surface area contributed by atoms with Crippen LogP contribution in [0.3, 0.4) is 0 Å². The van der Waals surface area contributed by atoms with Crippen LogP contribution in [0.25, 0.3) is 0 Å². The highest BCUT2D eigenvalue weighted by atomic mass is 16.5. The molecule has 1 aromatic heterocycles. The molecule has 1 N–H and O–H groups in total. The lowest BCUT2D eigenvalue weighted by atomic mass is 10.2. The van der Waals surface area contributed by atoms with Crippen LogP contribution in [0.5, 0.6) is 5.75 Å². The van der Waals surface area contributed by atoms with Gasteiger partial charge in [-0.15, -0.1) is 11.7 Å². The molecule has 0 radical (unpaired) electrons. The van der Waals surface area contributed by atoms with Gasteiger partial charge < -0.3 is 9.84 Å². The van der Waals surface area contributed by atoms with Crippen molar-refractivity contribution >= 4 is 0 Å². The van der Waals surface area contributed by atoms with E-state index in [2.05, 4.69) is 23.8 Å². The fraction of sp³-hybridized carbons (Fsp3) is 0.333. The minimum Gasteiger partial charge on any atom is -0.487 e. The van der Waals surface area contributed by atoms with Crippen molar-refractivity contribution in [2.75, 3.05) is 0 Å². The van der Waals surface area contributed by atoms with Gasteiger partial charge in [0, 0.05) is 0 Å². The molecule has 2 rings (SSSR count). The standard InChI is InChI=1S/C15H19N3O2/c1-3-9-18-15(14(10-19)16-17-18)11-20-13-7-5-12(4-2)6-8-13/h3,5-8,19H,1,4,9-11H2,2H3. The Morgan fingerprint density at radius 1 is 1.35 bits per heavy atom. The third-order valence-corrected chi connectivity index (χ3v) is 3.08. The summed E-state index contributed by atoms with van der Waals surface area (Å²) in [5.41, 5.74) is 2.58. The van der Waals surface area contributed by atoms with E-state index in [0.29, 0.717) is 18.8 Å². The van der Waals surface area contributed by atoms with Crippen molar-refractivity contribution < 1.29 is 9.84 Å². The number of ether oxygens (including phenoxy) is 1. The molecule has 0 bridgehead atoms. The van der Waals surface area contributed by atoms with Crippen LogP contribution in [-0.2, 0) is 26.2 Å². The van der Waals surface area contributed by atoms with E-state index in [9.17, 15) is 5.11 Å². The summed E-state index contributed by atoms with van der Waals surface area (Å²) in [5.74, 6) is 0.789. The summed E-state index contributed by atoms with van der Waals surface area (Å²) in [4.78, 5) is 0. The SMILES string of the molecule is C=CCn1nnc(CO)c1COc1ccc(CC)cc1. The molecule has 5 nitrogen and oxygen atoms in total. The highest BCUT2D eigenvalue weighted by Gasteiger charge is 2.12. The number of allylic oxidation sites excluding steroid dienone is 1. The number of hydrogen-bond acceptors (Lipinski definition) is 4. The normalized spacial score (nSPS) is 10.5. The van der Waals surface area contributed by atoms with Crippen molar-refractivity contribution in [3.63, 3.8) is 0 Å². The number of aromatic nitrogens is 3. The molecule has 0 fully saturated rings. The Bertz CT molecular complexity index is 561. The first-order valence-electron chi connectivity index (χ1n) is 6.63. The van der Waals surface area contributed by atoms with Gasteiger partial charge in [-0.1, -0.05) is 30.3 Å². The highest BCUT2D eigenvalue weighted by Crippen LogP contribution is 2.15. The Morgan fingerprint density at radius 3 is 2.70 bits per heavy atom. The molecule has 0 aliphatic carbocycles. The van der Waals surface area contributed by atoms with Crippen LogP contribution < -0.4 is 4.74 Å². The van der Waals surface area contributed by atoms with Crippen LogP contribution in [0, 0.1) is 0 Å². The van der Waals surface area contributed by atoms with Gasteiger partial charge in [0.1, 0.15) is 23.7 Å². The van der Waals surface area contributed by atoms with Crippen LogP contribution >= 0.6 is 0 Å². The van der Waals surface area contributed by atoms with Gasteiger partial charge >= 0.3 is 0 Å². The molecular weight excluding hydrogens is 254 g/mol. The molecule has 0 aliphatic rings. The number of aliphatic hydroxyl groups is 1. The topological polar surface area (TPSA) is 60.2 Å². The van der Waals surface area contributed by atoms with Gasteiger partial charge in [-0.05, 0) is 24.1 Å². The maximum Gasteiger partial charge on any atom is 0.132 e. The number of hydrogen-bond donors (Lipinski definition) is 1. The molecular formula is C15H19N3O2. The lowest BCUT2D eigenvalue weighted by Crippen LogP contribution is -2.08. The first-order valence-corrected chi connectivity index (χ1v) is 6.63. The van der Waals surface area contributed by atoms with Gasteiger partial charge in [0.15, 0.2) is 0 Å². The predicted octanol–water partition coefficient (Wildman–Crippen LogP) is 2.10. The third-order valence-electron chi connectivity index (χ3n) is 3.08. The third kappa shape index (κ3) is 3.24. The van der Waals surface area contributed by atoms with Gasteiger partial charge in [-0.3, -0.25) is 0 Å². The summed E-state index contributed by atoms with van der Waals surface area (Å²) in [6.45, 7) is 6.51. The number of aliphatic hydroxyl groups excluding tert-OH is 1. The molecule has 0 saturated carbocycles. The monoisotopic (exact) mass is 273 g/mol. The summed E-state index contributed by atoms with van der Waals surface area (Å²) in [6.07, 6.45) is 2.74. The molecule has 0 aliphatic heterocycles. The molecule has 5 heteroatoms. The number of aryl methyl sites for hydroxylation is 1. The summed E-state index contributed by atoms with van der Waals surface area (Å²) in [5, 5.41) is 17.2. The average molecular weight is 273 g/mol. The second-order valence-electron chi connectivity index (χ2n) is 4.40. The van der Waals surface area contributed by atoms with Crippen LogP contribution in [0.1, 0.15) is 23.9 Å². The van der Waals surface area contributed by atoms with Crippen molar-refractivity contribution in [1.82, 2.24) is 15.0 Å². The Hall–Kier alpha value is -2.14. The fourth-order valence-electron chi connectivity index (χ4n) is 1.89. The lowest BCUT2D eigenvalue weighted by molar-refractivity contribution is 0.262. The second-order valence-corrected chi connectivity index (χ2v) is 4.40. The Balaban J connectivity index is 2.08. The zero-order valence-corrected chi connectivity index (χ0v) is 11.6. The Morgan fingerprint density at radius 2 is 2.10 bits per heavy atom. The number of nitrogens with zero attached hydrogens (tertiary/aromatic N) is 3. The van der Waals surface area contributed by atoms with Crippen molar-refractivity contribution in [2.45, 2.75) is 33.1 Å². The van der Waals surface area contributed by atoms with Gasteiger partial charge in [0.25, 0.3) is 0 Å². The lowest BCUT2D eigenvalue weighted by Gasteiger charge is -2.09. The van der Waals surface area contributed by atoms with Crippen LogP contribution in [-0.4, -0.2) is 20.1 Å². The zero-order valence-electron chi connectivity index (χ0n) is 11.6. The minimum atomic E-state index is -0.148. The van der Waals surface area contributed by atoms with E-state index in [1.807, 2.05) is 24.3 Å². The molecule has 2 aromatic rings. The van der Waals surface area contributed by atoms with Gasteiger partial charge in [0.2, 0.25) is 0 Å². The highest BCUT2D eigenvalue weighted by molar-refractivity contribution is 5.27.